The third-order valence-corrected chi connectivity index (χ3v) is 3.17. The molecule has 1 rings (SSSR count). The van der Waals surface area contributed by atoms with Crippen LogP contribution in [0.4, 0.5) is 0 Å². The predicted molar refractivity (Wildman–Crippen MR) is 84.2 cm³/mol. The number of amidine groups is 1. The van der Waals surface area contributed by atoms with Gasteiger partial charge in [0.2, 0.25) is 6.61 Å². The van der Waals surface area contributed by atoms with Gasteiger partial charge in [-0.2, -0.15) is 0 Å². The summed E-state index contributed by atoms with van der Waals surface area (Å²) in [4.78, 5) is 16.0. The molecule has 6 heteroatoms. The number of carbonyl (C=O) groups excluding carboxylic acids is 1. The Bertz CT molecular complexity index is 497. The summed E-state index contributed by atoms with van der Waals surface area (Å²) in [5.41, 5.74) is 7.79. The molecular formula is C16H24N2O4. The number of oxime groups is 1. The van der Waals surface area contributed by atoms with Crippen molar-refractivity contribution in [3.8, 4) is 0 Å². The Hall–Kier alpha value is -2.08. The van der Waals surface area contributed by atoms with Crippen molar-refractivity contribution >= 4 is 11.8 Å². The number of hydrogen-bond acceptors (Lipinski definition) is 5. The van der Waals surface area contributed by atoms with Crippen LogP contribution in [0.3, 0.4) is 0 Å². The molecule has 2 atom stereocenters. The first-order chi connectivity index (χ1) is 10.4. The molecule has 6 nitrogen and oxygen atoms in total. The molecule has 0 fully saturated rings. The van der Waals surface area contributed by atoms with Crippen molar-refractivity contribution in [1.29, 1.82) is 0 Å². The molecule has 3 N–H and O–H groups in total. The van der Waals surface area contributed by atoms with Crippen molar-refractivity contribution in [3.63, 3.8) is 0 Å². The summed E-state index contributed by atoms with van der Waals surface area (Å²) in [6, 6.07) is 7.67. The zero-order valence-electron chi connectivity index (χ0n) is 13.3. The largest absolute Gasteiger partial charge is 0.463 e. The molecule has 122 valence electrons. The molecule has 1 aromatic rings. The molecule has 0 amide bonds. The van der Waals surface area contributed by atoms with Crippen molar-refractivity contribution in [2.45, 2.75) is 33.3 Å². The van der Waals surface area contributed by atoms with Gasteiger partial charge in [-0.25, -0.2) is 4.79 Å². The van der Waals surface area contributed by atoms with Crippen LogP contribution in [0.2, 0.25) is 0 Å². The number of nitrogens with two attached hydrogens (primary N) is 1. The van der Waals surface area contributed by atoms with Crippen LogP contribution in [0.1, 0.15) is 38.0 Å². The van der Waals surface area contributed by atoms with E-state index in [-0.39, 0.29) is 12.5 Å². The number of aliphatic hydroxyl groups is 1. The molecule has 1 aromatic carbocycles. The highest BCUT2D eigenvalue weighted by molar-refractivity contribution is 5.82. The molecule has 0 aliphatic carbocycles. The third-order valence-electron chi connectivity index (χ3n) is 3.17. The van der Waals surface area contributed by atoms with Crippen LogP contribution >= 0.6 is 0 Å². The average molecular weight is 308 g/mol. The lowest BCUT2D eigenvalue weighted by molar-refractivity contribution is -0.148. The highest BCUT2D eigenvalue weighted by atomic mass is 16.7. The lowest BCUT2D eigenvalue weighted by Crippen LogP contribution is -2.24. The van der Waals surface area contributed by atoms with Crippen LogP contribution in [0.5, 0.6) is 0 Å². The molecule has 0 saturated heterocycles. The topological polar surface area (TPSA) is 94.1 Å². The Morgan fingerprint density at radius 3 is 2.50 bits per heavy atom. The van der Waals surface area contributed by atoms with E-state index in [1.165, 1.54) is 0 Å². The van der Waals surface area contributed by atoms with Crippen molar-refractivity contribution in [2.75, 3.05) is 13.2 Å². The number of esters is 1. The molecule has 0 radical (unpaired) electrons. The summed E-state index contributed by atoms with van der Waals surface area (Å²) in [5, 5.41) is 13.2. The molecule has 0 aromatic heterocycles. The molecule has 0 heterocycles. The van der Waals surface area contributed by atoms with Crippen molar-refractivity contribution in [2.24, 2.45) is 16.8 Å². The number of ether oxygens (including phenoxy) is 1. The lowest BCUT2D eigenvalue weighted by atomic mass is 9.98. The first-order valence-corrected chi connectivity index (χ1v) is 7.31. The molecular weight excluding hydrogens is 284 g/mol. The summed E-state index contributed by atoms with van der Waals surface area (Å²) in [6.07, 6.45) is 0.215. The van der Waals surface area contributed by atoms with Crippen molar-refractivity contribution in [3.05, 3.63) is 35.4 Å². The van der Waals surface area contributed by atoms with Gasteiger partial charge in [-0.05, 0) is 31.4 Å². The van der Waals surface area contributed by atoms with Crippen molar-refractivity contribution in [1.82, 2.24) is 0 Å². The standard InChI is InChI=1S/C16H24N2O4/c1-4-21-15(20)10-22-18-16(17)11(2)9-13-5-7-14(8-6-13)12(3)19/h5-8,11-12,19H,4,9-10H2,1-3H3,(H2,17,18)/t11-,12?/m0/s1. The maximum atomic E-state index is 11.1. The minimum atomic E-state index is -0.477. The monoisotopic (exact) mass is 308 g/mol. The summed E-state index contributed by atoms with van der Waals surface area (Å²) in [7, 11) is 0. The Morgan fingerprint density at radius 1 is 1.32 bits per heavy atom. The second-order valence-electron chi connectivity index (χ2n) is 5.12. The molecule has 0 bridgehead atoms. The Kier molecular flexibility index (Phi) is 7.39. The predicted octanol–water partition coefficient (Wildman–Crippen LogP) is 1.77. The van der Waals surface area contributed by atoms with Crippen LogP contribution in [-0.2, 0) is 20.8 Å². The Balaban J connectivity index is 2.49. The molecule has 0 aliphatic rings. The van der Waals surface area contributed by atoms with E-state index in [0.29, 0.717) is 18.9 Å². The zero-order valence-corrected chi connectivity index (χ0v) is 13.3. The summed E-state index contributed by atoms with van der Waals surface area (Å²) < 4.78 is 4.72. The second-order valence-corrected chi connectivity index (χ2v) is 5.12. The highest BCUT2D eigenvalue weighted by Gasteiger charge is 2.10. The number of nitrogens with zero attached hydrogens (tertiary/aromatic N) is 1. The second kappa shape index (κ2) is 9.04. The fraction of sp³-hybridized carbons (Fsp3) is 0.500. The van der Waals surface area contributed by atoms with Gasteiger partial charge in [0, 0.05) is 5.92 Å². The van der Waals surface area contributed by atoms with E-state index in [2.05, 4.69) is 5.16 Å². The average Bonchev–Trinajstić information content (AvgIpc) is 2.47. The molecule has 22 heavy (non-hydrogen) atoms. The molecule has 0 saturated carbocycles. The van der Waals surface area contributed by atoms with E-state index < -0.39 is 12.1 Å². The number of rotatable bonds is 8. The SMILES string of the molecule is CCOC(=O)CO/N=C(\N)[C@@H](C)Cc1ccc(C(C)O)cc1. The van der Waals surface area contributed by atoms with E-state index in [0.717, 1.165) is 11.1 Å². The van der Waals surface area contributed by atoms with E-state index in [1.54, 1.807) is 13.8 Å². The smallest absolute Gasteiger partial charge is 0.347 e. The van der Waals surface area contributed by atoms with Crippen molar-refractivity contribution < 1.29 is 19.5 Å². The number of hydrogen-bond donors (Lipinski definition) is 2. The van der Waals surface area contributed by atoms with Gasteiger partial charge in [-0.3, -0.25) is 0 Å². The van der Waals surface area contributed by atoms with Gasteiger partial charge in [-0.15, -0.1) is 0 Å². The summed E-state index contributed by atoms with van der Waals surface area (Å²) in [5.74, 6) is -0.177. The number of carbonyl (C=O) groups is 1. The van der Waals surface area contributed by atoms with E-state index >= 15 is 0 Å². The van der Waals surface area contributed by atoms with E-state index in [1.807, 2.05) is 31.2 Å². The Morgan fingerprint density at radius 2 is 1.95 bits per heavy atom. The number of benzene rings is 1. The maximum absolute atomic E-state index is 11.1. The van der Waals surface area contributed by atoms with Gasteiger partial charge in [0.25, 0.3) is 0 Å². The fourth-order valence-electron chi connectivity index (χ4n) is 1.84. The fourth-order valence-corrected chi connectivity index (χ4v) is 1.84. The van der Waals surface area contributed by atoms with E-state index in [4.69, 9.17) is 15.3 Å². The van der Waals surface area contributed by atoms with Gasteiger partial charge < -0.3 is 20.4 Å². The van der Waals surface area contributed by atoms with Gasteiger partial charge in [0.15, 0.2) is 0 Å². The van der Waals surface area contributed by atoms with Gasteiger partial charge in [0.1, 0.15) is 5.84 Å². The maximum Gasteiger partial charge on any atom is 0.347 e. The first kappa shape index (κ1) is 18.0. The summed E-state index contributed by atoms with van der Waals surface area (Å²) >= 11 is 0. The van der Waals surface area contributed by atoms with Crippen LogP contribution in [0.25, 0.3) is 0 Å². The quantitative estimate of drug-likeness (QED) is 0.330. The van der Waals surface area contributed by atoms with Crippen LogP contribution < -0.4 is 5.73 Å². The first-order valence-electron chi connectivity index (χ1n) is 7.31. The molecule has 0 spiro atoms. The Labute approximate surface area is 130 Å². The molecule has 1 unspecified atom stereocenters. The number of aliphatic hydroxyl groups excluding tert-OH is 1. The normalized spacial score (nSPS) is 14.3. The zero-order chi connectivity index (χ0) is 16.5. The lowest BCUT2D eigenvalue weighted by Gasteiger charge is -2.12. The van der Waals surface area contributed by atoms with Crippen LogP contribution in [-0.4, -0.2) is 30.1 Å². The van der Waals surface area contributed by atoms with E-state index in [9.17, 15) is 9.90 Å². The van der Waals surface area contributed by atoms with Gasteiger partial charge in [-0.1, -0.05) is 36.3 Å². The van der Waals surface area contributed by atoms with Crippen LogP contribution in [0.15, 0.2) is 29.4 Å². The van der Waals surface area contributed by atoms with Gasteiger partial charge in [0.05, 0.1) is 12.7 Å². The van der Waals surface area contributed by atoms with Crippen LogP contribution in [0, 0.1) is 5.92 Å². The summed E-state index contributed by atoms with van der Waals surface area (Å²) in [6.45, 7) is 5.43. The van der Waals surface area contributed by atoms with Gasteiger partial charge >= 0.3 is 5.97 Å². The molecule has 0 aliphatic heterocycles. The third kappa shape index (κ3) is 6.13. The minimum absolute atomic E-state index is 0.0282. The minimum Gasteiger partial charge on any atom is -0.463 e. The highest BCUT2D eigenvalue weighted by Crippen LogP contribution is 2.15.